The predicted molar refractivity (Wildman–Crippen MR) is 41.3 cm³/mol. The maximum absolute atomic E-state index is 11.0. The van der Waals surface area contributed by atoms with Crippen LogP contribution in [0.4, 0.5) is 4.79 Å². The molecule has 0 aromatic heterocycles. The average Bonchev–Trinajstić information content (AvgIpc) is 2.62. The fraction of sp³-hybridized carbons (Fsp3) is 0.857. The predicted octanol–water partition coefficient (Wildman–Crippen LogP) is -0.580. The highest BCUT2D eigenvalue weighted by molar-refractivity contribution is 5.75. The third-order valence-corrected chi connectivity index (χ3v) is 2.03. The number of nitrogens with one attached hydrogen (secondary N) is 3. The van der Waals surface area contributed by atoms with E-state index in [0.29, 0.717) is 12.1 Å². The van der Waals surface area contributed by atoms with Crippen molar-refractivity contribution in [2.24, 2.45) is 0 Å². The van der Waals surface area contributed by atoms with E-state index in [1.54, 1.807) is 0 Å². The van der Waals surface area contributed by atoms with Crippen LogP contribution < -0.4 is 16.0 Å². The Morgan fingerprint density at radius 3 is 2.27 bits per heavy atom. The number of amides is 2. The van der Waals surface area contributed by atoms with Gasteiger partial charge in [0.25, 0.3) is 0 Å². The molecular formula is C7H13N3O. The first kappa shape index (κ1) is 6.91. The Bertz CT molecular complexity index is 163. The first-order valence-corrected chi connectivity index (χ1v) is 4.12. The van der Waals surface area contributed by atoms with Crippen LogP contribution >= 0.6 is 0 Å². The van der Waals surface area contributed by atoms with E-state index >= 15 is 0 Å². The second-order valence-electron chi connectivity index (χ2n) is 3.25. The van der Waals surface area contributed by atoms with Crippen molar-refractivity contribution in [1.82, 2.24) is 16.0 Å². The summed E-state index contributed by atoms with van der Waals surface area (Å²) in [5, 5.41) is 8.84. The third kappa shape index (κ3) is 1.83. The van der Waals surface area contributed by atoms with Gasteiger partial charge in [-0.2, -0.15) is 0 Å². The molecule has 2 fully saturated rings. The van der Waals surface area contributed by atoms with Crippen molar-refractivity contribution in [3.8, 4) is 0 Å². The minimum atomic E-state index is -0.000926. The smallest absolute Gasteiger partial charge is 0.315 e. The van der Waals surface area contributed by atoms with Gasteiger partial charge < -0.3 is 16.0 Å². The van der Waals surface area contributed by atoms with Gasteiger partial charge in [-0.25, -0.2) is 4.79 Å². The van der Waals surface area contributed by atoms with Crippen LogP contribution in [0.1, 0.15) is 12.8 Å². The molecule has 0 radical (unpaired) electrons. The zero-order chi connectivity index (χ0) is 7.68. The van der Waals surface area contributed by atoms with Crippen LogP contribution in [0.25, 0.3) is 0 Å². The second-order valence-corrected chi connectivity index (χ2v) is 3.25. The molecule has 0 bridgehead atoms. The molecule has 11 heavy (non-hydrogen) atoms. The van der Waals surface area contributed by atoms with Gasteiger partial charge >= 0.3 is 6.03 Å². The Morgan fingerprint density at radius 1 is 1.18 bits per heavy atom. The molecule has 1 heterocycles. The van der Waals surface area contributed by atoms with Crippen LogP contribution in [-0.4, -0.2) is 31.2 Å². The van der Waals surface area contributed by atoms with Crippen LogP contribution in [-0.2, 0) is 0 Å². The van der Waals surface area contributed by atoms with Gasteiger partial charge in [-0.15, -0.1) is 0 Å². The first-order chi connectivity index (χ1) is 5.34. The first-order valence-electron chi connectivity index (χ1n) is 4.12. The Morgan fingerprint density at radius 2 is 1.82 bits per heavy atom. The standard InChI is InChI=1S/C7H13N3O/c11-7(9-5-1-2-5)10-6-3-8-4-6/h5-6,8H,1-4H2,(H2,9,10,11). The number of hydrogen-bond acceptors (Lipinski definition) is 2. The summed E-state index contributed by atoms with van der Waals surface area (Å²) in [5.74, 6) is 0. The molecule has 0 aromatic carbocycles. The minimum Gasteiger partial charge on any atom is -0.335 e. The lowest BCUT2D eigenvalue weighted by molar-refractivity contribution is 0.231. The van der Waals surface area contributed by atoms with E-state index in [9.17, 15) is 4.79 Å². The lowest BCUT2D eigenvalue weighted by Crippen LogP contribution is -2.58. The quantitative estimate of drug-likeness (QED) is 0.499. The van der Waals surface area contributed by atoms with E-state index in [1.807, 2.05) is 0 Å². The average molecular weight is 155 g/mol. The fourth-order valence-corrected chi connectivity index (χ4v) is 1.03. The molecule has 0 atom stereocenters. The number of hydrogen-bond donors (Lipinski definition) is 3. The highest BCUT2D eigenvalue weighted by atomic mass is 16.2. The highest BCUT2D eigenvalue weighted by Gasteiger charge is 2.25. The van der Waals surface area contributed by atoms with Gasteiger partial charge in [0.1, 0.15) is 0 Å². The summed E-state index contributed by atoms with van der Waals surface area (Å²) >= 11 is 0. The molecule has 1 saturated heterocycles. The Labute approximate surface area is 65.7 Å². The Balaban J connectivity index is 1.63. The van der Waals surface area contributed by atoms with Crippen LogP contribution in [0.3, 0.4) is 0 Å². The van der Waals surface area contributed by atoms with Crippen LogP contribution in [0.5, 0.6) is 0 Å². The van der Waals surface area contributed by atoms with E-state index in [2.05, 4.69) is 16.0 Å². The summed E-state index contributed by atoms with van der Waals surface area (Å²) < 4.78 is 0. The normalized spacial score (nSPS) is 24.0. The molecule has 2 aliphatic rings. The molecule has 4 nitrogen and oxygen atoms in total. The molecule has 2 rings (SSSR count). The minimum absolute atomic E-state index is 0.000926. The molecule has 0 spiro atoms. The SMILES string of the molecule is O=C(NC1CC1)NC1CNC1. The summed E-state index contributed by atoms with van der Waals surface area (Å²) in [6.07, 6.45) is 2.30. The topological polar surface area (TPSA) is 53.2 Å². The molecule has 1 aliphatic carbocycles. The van der Waals surface area contributed by atoms with E-state index in [0.717, 1.165) is 25.9 Å². The summed E-state index contributed by atoms with van der Waals surface area (Å²) in [6, 6.07) is 0.816. The van der Waals surface area contributed by atoms with E-state index in [1.165, 1.54) is 0 Å². The number of rotatable bonds is 2. The van der Waals surface area contributed by atoms with Crippen molar-refractivity contribution >= 4 is 6.03 Å². The van der Waals surface area contributed by atoms with E-state index in [4.69, 9.17) is 0 Å². The molecule has 2 amide bonds. The van der Waals surface area contributed by atoms with Gasteiger partial charge in [0.2, 0.25) is 0 Å². The van der Waals surface area contributed by atoms with E-state index < -0.39 is 0 Å². The number of urea groups is 1. The van der Waals surface area contributed by atoms with Gasteiger partial charge in [0.05, 0.1) is 6.04 Å². The monoisotopic (exact) mass is 155 g/mol. The molecular weight excluding hydrogens is 142 g/mol. The van der Waals surface area contributed by atoms with Crippen molar-refractivity contribution in [2.75, 3.05) is 13.1 Å². The van der Waals surface area contributed by atoms with Crippen LogP contribution in [0, 0.1) is 0 Å². The van der Waals surface area contributed by atoms with Crippen molar-refractivity contribution in [3.63, 3.8) is 0 Å². The maximum atomic E-state index is 11.0. The molecule has 1 aliphatic heterocycles. The van der Waals surface area contributed by atoms with Crippen LogP contribution in [0.2, 0.25) is 0 Å². The molecule has 1 saturated carbocycles. The largest absolute Gasteiger partial charge is 0.335 e. The summed E-state index contributed by atoms with van der Waals surface area (Å²) in [6.45, 7) is 1.83. The lowest BCUT2D eigenvalue weighted by atomic mass is 10.2. The molecule has 4 heteroatoms. The number of carbonyl (C=O) groups is 1. The Hall–Kier alpha value is -0.770. The van der Waals surface area contributed by atoms with Crippen molar-refractivity contribution < 1.29 is 4.79 Å². The maximum Gasteiger partial charge on any atom is 0.315 e. The Kier molecular flexibility index (Phi) is 1.69. The van der Waals surface area contributed by atoms with Gasteiger partial charge in [0.15, 0.2) is 0 Å². The van der Waals surface area contributed by atoms with Crippen molar-refractivity contribution in [1.29, 1.82) is 0 Å². The van der Waals surface area contributed by atoms with Gasteiger partial charge in [-0.05, 0) is 12.8 Å². The molecule has 3 N–H and O–H groups in total. The summed E-state index contributed by atoms with van der Waals surface area (Å²) in [4.78, 5) is 11.0. The van der Waals surface area contributed by atoms with Crippen molar-refractivity contribution in [2.45, 2.75) is 24.9 Å². The van der Waals surface area contributed by atoms with Crippen molar-refractivity contribution in [3.05, 3.63) is 0 Å². The summed E-state index contributed by atoms with van der Waals surface area (Å²) in [5.41, 5.74) is 0. The molecule has 0 aromatic rings. The van der Waals surface area contributed by atoms with Crippen LogP contribution in [0.15, 0.2) is 0 Å². The third-order valence-electron chi connectivity index (χ3n) is 2.03. The second kappa shape index (κ2) is 2.70. The zero-order valence-electron chi connectivity index (χ0n) is 6.39. The fourth-order valence-electron chi connectivity index (χ4n) is 1.03. The van der Waals surface area contributed by atoms with Gasteiger partial charge in [-0.1, -0.05) is 0 Å². The van der Waals surface area contributed by atoms with E-state index in [-0.39, 0.29) is 6.03 Å². The zero-order valence-corrected chi connectivity index (χ0v) is 6.39. The van der Waals surface area contributed by atoms with Gasteiger partial charge in [-0.3, -0.25) is 0 Å². The highest BCUT2D eigenvalue weighted by Crippen LogP contribution is 2.18. The molecule has 62 valence electrons. The summed E-state index contributed by atoms with van der Waals surface area (Å²) in [7, 11) is 0. The van der Waals surface area contributed by atoms with Gasteiger partial charge in [0, 0.05) is 19.1 Å². The number of carbonyl (C=O) groups excluding carboxylic acids is 1. The lowest BCUT2D eigenvalue weighted by Gasteiger charge is -2.27. The molecule has 0 unspecified atom stereocenters.